The van der Waals surface area contributed by atoms with Crippen LogP contribution in [0.3, 0.4) is 0 Å². The van der Waals surface area contributed by atoms with Crippen LogP contribution in [0.2, 0.25) is 0 Å². The Bertz CT molecular complexity index is 782. The van der Waals surface area contributed by atoms with Gasteiger partial charge in [0.1, 0.15) is 0 Å². The fraction of sp³-hybridized carbons (Fsp3) is 0.381. The second-order valence-corrected chi connectivity index (χ2v) is 6.46. The van der Waals surface area contributed by atoms with Crippen LogP contribution in [0, 0.1) is 0 Å². The van der Waals surface area contributed by atoms with Crippen molar-refractivity contribution in [2.24, 2.45) is 0 Å². The molecule has 0 radical (unpaired) electrons. The number of carbonyl (C=O) groups excluding carboxylic acids is 1. The Kier molecular flexibility index (Phi) is 6.06. The van der Waals surface area contributed by atoms with Crippen LogP contribution in [0.1, 0.15) is 17.5 Å². The minimum absolute atomic E-state index is 0.0135. The zero-order chi connectivity index (χ0) is 19.2. The summed E-state index contributed by atoms with van der Waals surface area (Å²) in [6.07, 6.45) is 2.14. The molecule has 27 heavy (non-hydrogen) atoms. The number of methoxy groups -OCH3 is 3. The summed E-state index contributed by atoms with van der Waals surface area (Å²) in [5, 5.41) is 2.98. The number of nitrogens with one attached hydrogen (secondary N) is 1. The van der Waals surface area contributed by atoms with Crippen molar-refractivity contribution in [2.75, 3.05) is 39.3 Å². The number of amides is 1. The first-order chi connectivity index (χ1) is 13.2. The van der Waals surface area contributed by atoms with Crippen molar-refractivity contribution in [3.8, 4) is 17.2 Å². The summed E-state index contributed by atoms with van der Waals surface area (Å²) in [5.41, 5.74) is 3.35. The van der Waals surface area contributed by atoms with Crippen molar-refractivity contribution in [1.29, 1.82) is 0 Å². The molecule has 6 heteroatoms. The lowest BCUT2D eigenvalue weighted by Crippen LogP contribution is -2.39. The number of benzene rings is 2. The Morgan fingerprint density at radius 1 is 1.07 bits per heavy atom. The summed E-state index contributed by atoms with van der Waals surface area (Å²) < 4.78 is 16.1. The highest BCUT2D eigenvalue weighted by Gasteiger charge is 2.19. The summed E-state index contributed by atoms with van der Waals surface area (Å²) in [5.74, 6) is 1.68. The summed E-state index contributed by atoms with van der Waals surface area (Å²) in [4.78, 5) is 14.6. The lowest BCUT2D eigenvalue weighted by Gasteiger charge is -2.30. The summed E-state index contributed by atoms with van der Waals surface area (Å²) in [7, 11) is 4.72. The Morgan fingerprint density at radius 3 is 2.44 bits per heavy atom. The van der Waals surface area contributed by atoms with Crippen LogP contribution >= 0.6 is 0 Å². The van der Waals surface area contributed by atoms with Crippen molar-refractivity contribution >= 4 is 11.6 Å². The van der Waals surface area contributed by atoms with Crippen molar-refractivity contribution in [2.45, 2.75) is 19.4 Å². The normalized spacial score (nSPS) is 12.9. The van der Waals surface area contributed by atoms with Crippen LogP contribution in [0.5, 0.6) is 17.2 Å². The van der Waals surface area contributed by atoms with E-state index in [1.807, 2.05) is 24.3 Å². The molecule has 1 amide bonds. The Hall–Kier alpha value is -2.89. The van der Waals surface area contributed by atoms with E-state index in [4.69, 9.17) is 14.2 Å². The maximum absolute atomic E-state index is 12.5. The summed E-state index contributed by atoms with van der Waals surface area (Å²) in [6, 6.07) is 12.0. The van der Waals surface area contributed by atoms with E-state index in [-0.39, 0.29) is 5.91 Å². The highest BCUT2D eigenvalue weighted by molar-refractivity contribution is 5.82. The smallest absolute Gasteiger partial charge is 0.239 e. The lowest BCUT2D eigenvalue weighted by molar-refractivity contribution is -0.119. The zero-order valence-corrected chi connectivity index (χ0v) is 16.1. The maximum Gasteiger partial charge on any atom is 0.239 e. The Labute approximate surface area is 160 Å². The SMILES string of the molecule is COc1cc(CNC(=O)CN2CCCc3ccccc32)cc(OC)c1OC. The standard InChI is InChI=1S/C21H26N2O4/c1-25-18-11-15(12-19(26-2)21(18)27-3)13-22-20(24)14-23-10-6-8-16-7-4-5-9-17(16)23/h4-5,7,9,11-12H,6,8,10,13-14H2,1-3H3,(H,22,24). The largest absolute Gasteiger partial charge is 0.493 e. The molecule has 0 spiro atoms. The third-order valence-electron chi connectivity index (χ3n) is 4.76. The number of ether oxygens (including phenoxy) is 3. The maximum atomic E-state index is 12.5. The number of hydrogen-bond acceptors (Lipinski definition) is 5. The first kappa shape index (κ1) is 18.9. The molecule has 1 N–H and O–H groups in total. The van der Waals surface area contributed by atoms with Crippen LogP contribution in [-0.2, 0) is 17.8 Å². The molecule has 1 aliphatic rings. The number of fused-ring (bicyclic) bond motifs is 1. The van der Waals surface area contributed by atoms with Crippen LogP contribution in [0.25, 0.3) is 0 Å². The van der Waals surface area contributed by atoms with E-state index in [0.717, 1.165) is 30.6 Å². The fourth-order valence-electron chi connectivity index (χ4n) is 3.44. The number of nitrogens with zero attached hydrogens (tertiary/aromatic N) is 1. The molecular formula is C21H26N2O4. The van der Waals surface area contributed by atoms with Gasteiger partial charge in [-0.05, 0) is 42.2 Å². The van der Waals surface area contributed by atoms with Gasteiger partial charge in [0, 0.05) is 18.8 Å². The van der Waals surface area contributed by atoms with Gasteiger partial charge in [0.25, 0.3) is 0 Å². The third kappa shape index (κ3) is 4.27. The molecule has 2 aromatic rings. The average molecular weight is 370 g/mol. The molecule has 0 unspecified atom stereocenters. The minimum atomic E-state index is -0.0135. The number of para-hydroxylation sites is 1. The highest BCUT2D eigenvalue weighted by atomic mass is 16.5. The molecule has 0 saturated heterocycles. The molecule has 1 heterocycles. The first-order valence-electron chi connectivity index (χ1n) is 9.04. The van der Waals surface area contributed by atoms with Gasteiger partial charge < -0.3 is 24.4 Å². The van der Waals surface area contributed by atoms with Gasteiger partial charge >= 0.3 is 0 Å². The molecule has 144 valence electrons. The molecule has 0 aromatic heterocycles. The van der Waals surface area contributed by atoms with Crippen LogP contribution in [0.4, 0.5) is 5.69 Å². The Morgan fingerprint density at radius 2 is 1.78 bits per heavy atom. The predicted octanol–water partition coefficient (Wildman–Crippen LogP) is 2.78. The van der Waals surface area contributed by atoms with E-state index in [2.05, 4.69) is 22.3 Å². The highest BCUT2D eigenvalue weighted by Crippen LogP contribution is 2.38. The van der Waals surface area contributed by atoms with E-state index in [9.17, 15) is 4.79 Å². The molecule has 0 atom stereocenters. The summed E-state index contributed by atoms with van der Waals surface area (Å²) >= 11 is 0. The molecule has 0 bridgehead atoms. The van der Waals surface area contributed by atoms with Crippen molar-refractivity contribution in [3.63, 3.8) is 0 Å². The lowest BCUT2D eigenvalue weighted by atomic mass is 10.0. The average Bonchev–Trinajstić information content (AvgIpc) is 2.71. The Balaban J connectivity index is 1.65. The molecule has 0 fully saturated rings. The van der Waals surface area contributed by atoms with Crippen LogP contribution in [0.15, 0.2) is 36.4 Å². The number of anilines is 1. The molecule has 2 aromatic carbocycles. The van der Waals surface area contributed by atoms with Crippen molar-refractivity contribution in [3.05, 3.63) is 47.5 Å². The van der Waals surface area contributed by atoms with E-state index in [1.54, 1.807) is 21.3 Å². The molecule has 6 nitrogen and oxygen atoms in total. The topological polar surface area (TPSA) is 60.0 Å². The van der Waals surface area contributed by atoms with Gasteiger partial charge in [-0.3, -0.25) is 4.79 Å². The number of rotatable bonds is 7. The van der Waals surface area contributed by atoms with E-state index < -0.39 is 0 Å². The van der Waals surface area contributed by atoms with Gasteiger partial charge in [-0.25, -0.2) is 0 Å². The van der Waals surface area contributed by atoms with Gasteiger partial charge in [-0.15, -0.1) is 0 Å². The second-order valence-electron chi connectivity index (χ2n) is 6.46. The first-order valence-corrected chi connectivity index (χ1v) is 9.04. The van der Waals surface area contributed by atoms with Gasteiger partial charge in [0.05, 0.1) is 27.9 Å². The molecule has 1 aliphatic heterocycles. The summed E-state index contributed by atoms with van der Waals surface area (Å²) in [6.45, 7) is 1.64. The second kappa shape index (κ2) is 8.66. The van der Waals surface area contributed by atoms with Crippen molar-refractivity contribution < 1.29 is 19.0 Å². The number of aryl methyl sites for hydroxylation is 1. The monoisotopic (exact) mass is 370 g/mol. The third-order valence-corrected chi connectivity index (χ3v) is 4.76. The minimum Gasteiger partial charge on any atom is -0.493 e. The van der Waals surface area contributed by atoms with Gasteiger partial charge in [-0.1, -0.05) is 18.2 Å². The van der Waals surface area contributed by atoms with E-state index in [0.29, 0.717) is 30.3 Å². The van der Waals surface area contributed by atoms with Crippen LogP contribution < -0.4 is 24.4 Å². The quantitative estimate of drug-likeness (QED) is 0.812. The molecule has 0 aliphatic carbocycles. The fourth-order valence-corrected chi connectivity index (χ4v) is 3.44. The van der Waals surface area contributed by atoms with Crippen molar-refractivity contribution in [1.82, 2.24) is 5.32 Å². The van der Waals surface area contributed by atoms with Crippen LogP contribution in [-0.4, -0.2) is 40.3 Å². The molecular weight excluding hydrogens is 344 g/mol. The number of hydrogen-bond donors (Lipinski definition) is 1. The molecule has 3 rings (SSSR count). The predicted molar refractivity (Wildman–Crippen MR) is 105 cm³/mol. The van der Waals surface area contributed by atoms with Gasteiger partial charge in [0.2, 0.25) is 11.7 Å². The zero-order valence-electron chi connectivity index (χ0n) is 16.1. The van der Waals surface area contributed by atoms with E-state index in [1.165, 1.54) is 5.56 Å². The van der Waals surface area contributed by atoms with E-state index >= 15 is 0 Å². The van der Waals surface area contributed by atoms with Gasteiger partial charge in [-0.2, -0.15) is 0 Å². The van der Waals surface area contributed by atoms with Gasteiger partial charge in [0.15, 0.2) is 11.5 Å². The number of carbonyl (C=O) groups is 1. The molecule has 0 saturated carbocycles.